The van der Waals surface area contributed by atoms with E-state index in [-0.39, 0.29) is 10.8 Å². The molecule has 0 fully saturated rings. The number of halogens is 4. The Morgan fingerprint density at radius 1 is 1.23 bits per heavy atom. The minimum absolute atomic E-state index is 0.201. The van der Waals surface area contributed by atoms with Gasteiger partial charge < -0.3 is 10.1 Å². The van der Waals surface area contributed by atoms with Gasteiger partial charge in [-0.3, -0.25) is 4.79 Å². The molecule has 7 nitrogen and oxygen atoms in total. The van der Waals surface area contributed by atoms with Gasteiger partial charge in [-0.25, -0.2) is 4.68 Å². The van der Waals surface area contributed by atoms with Gasteiger partial charge in [-0.15, -0.1) is 5.10 Å². The number of hydrogen-bond donors (Lipinski definition) is 1. The summed E-state index contributed by atoms with van der Waals surface area (Å²) in [5.41, 5.74) is -0.590. The maximum atomic E-state index is 13.1. The van der Waals surface area contributed by atoms with Crippen LogP contribution in [0.2, 0.25) is 5.02 Å². The van der Waals surface area contributed by atoms with E-state index in [0.29, 0.717) is 17.5 Å². The Morgan fingerprint density at radius 2 is 1.97 bits per heavy atom. The number of ether oxygens (including phenoxy) is 1. The SMILES string of the molecule is COc1ccc(Cn2nnnc2SCC(=O)Nc2c(Cl)cccc2C(F)(F)F)cc1. The average molecular weight is 458 g/mol. The van der Waals surface area contributed by atoms with Crippen LogP contribution in [0.3, 0.4) is 0 Å². The number of aromatic nitrogens is 4. The maximum absolute atomic E-state index is 13.1. The fourth-order valence-corrected chi connectivity index (χ4v) is 3.39. The fourth-order valence-electron chi connectivity index (χ4n) is 2.50. The number of para-hydroxylation sites is 1. The lowest BCUT2D eigenvalue weighted by molar-refractivity contribution is -0.137. The van der Waals surface area contributed by atoms with E-state index in [1.54, 1.807) is 19.2 Å². The van der Waals surface area contributed by atoms with E-state index in [0.717, 1.165) is 23.4 Å². The predicted molar refractivity (Wildman–Crippen MR) is 106 cm³/mol. The Kier molecular flexibility index (Phi) is 6.83. The molecule has 0 bridgehead atoms. The molecule has 0 radical (unpaired) electrons. The van der Waals surface area contributed by atoms with Crippen molar-refractivity contribution >= 4 is 35.0 Å². The normalized spacial score (nSPS) is 11.4. The molecule has 2 aromatic carbocycles. The van der Waals surface area contributed by atoms with E-state index in [4.69, 9.17) is 16.3 Å². The molecule has 0 atom stereocenters. The van der Waals surface area contributed by atoms with E-state index in [2.05, 4.69) is 20.8 Å². The quantitative estimate of drug-likeness (QED) is 0.537. The van der Waals surface area contributed by atoms with Gasteiger partial charge in [0.15, 0.2) is 0 Å². The van der Waals surface area contributed by atoms with Gasteiger partial charge in [0.25, 0.3) is 0 Å². The second kappa shape index (κ2) is 9.35. The number of hydrogen-bond acceptors (Lipinski definition) is 6. The van der Waals surface area contributed by atoms with Crippen molar-refractivity contribution < 1.29 is 22.7 Å². The Morgan fingerprint density at radius 3 is 2.63 bits per heavy atom. The van der Waals surface area contributed by atoms with Crippen LogP contribution < -0.4 is 10.1 Å². The van der Waals surface area contributed by atoms with Crippen LogP contribution >= 0.6 is 23.4 Å². The largest absolute Gasteiger partial charge is 0.497 e. The number of thioether (sulfide) groups is 1. The number of benzene rings is 2. The first kappa shape index (κ1) is 21.9. The fraction of sp³-hybridized carbons (Fsp3) is 0.222. The highest BCUT2D eigenvalue weighted by atomic mass is 35.5. The number of tetrazole rings is 1. The summed E-state index contributed by atoms with van der Waals surface area (Å²) in [5, 5.41) is 13.7. The summed E-state index contributed by atoms with van der Waals surface area (Å²) < 4.78 is 46.0. The van der Waals surface area contributed by atoms with Crippen molar-refractivity contribution in [2.24, 2.45) is 0 Å². The van der Waals surface area contributed by atoms with Gasteiger partial charge in [-0.2, -0.15) is 13.2 Å². The van der Waals surface area contributed by atoms with Crippen LogP contribution in [0.15, 0.2) is 47.6 Å². The van der Waals surface area contributed by atoms with Crippen LogP contribution in [0, 0.1) is 0 Å². The number of methoxy groups -OCH3 is 1. The topological polar surface area (TPSA) is 81.9 Å². The van der Waals surface area contributed by atoms with Crippen molar-refractivity contribution in [1.29, 1.82) is 0 Å². The van der Waals surface area contributed by atoms with Gasteiger partial charge in [0, 0.05) is 0 Å². The molecule has 0 saturated carbocycles. The predicted octanol–water partition coefficient (Wildman–Crippen LogP) is 4.13. The van der Waals surface area contributed by atoms with Crippen molar-refractivity contribution in [3.05, 3.63) is 58.6 Å². The van der Waals surface area contributed by atoms with Gasteiger partial charge in [-0.05, 0) is 40.3 Å². The van der Waals surface area contributed by atoms with Gasteiger partial charge in [0.2, 0.25) is 11.1 Å². The molecule has 0 aliphatic rings. The number of carbonyl (C=O) groups excluding carboxylic acids is 1. The highest BCUT2D eigenvalue weighted by Crippen LogP contribution is 2.38. The smallest absolute Gasteiger partial charge is 0.418 e. The summed E-state index contributed by atoms with van der Waals surface area (Å²) in [5.74, 6) is -0.164. The zero-order valence-electron chi connectivity index (χ0n) is 15.5. The lowest BCUT2D eigenvalue weighted by Crippen LogP contribution is -2.19. The summed E-state index contributed by atoms with van der Waals surface area (Å²) in [4.78, 5) is 12.2. The highest BCUT2D eigenvalue weighted by molar-refractivity contribution is 7.99. The van der Waals surface area contributed by atoms with E-state index in [1.165, 1.54) is 16.8 Å². The molecule has 0 spiro atoms. The van der Waals surface area contributed by atoms with Crippen molar-refractivity contribution in [2.75, 3.05) is 18.2 Å². The number of carbonyl (C=O) groups is 1. The molecule has 3 aromatic rings. The lowest BCUT2D eigenvalue weighted by Gasteiger charge is -2.15. The zero-order chi connectivity index (χ0) is 21.7. The molecule has 1 heterocycles. The monoisotopic (exact) mass is 457 g/mol. The Balaban J connectivity index is 1.65. The third kappa shape index (κ3) is 5.42. The van der Waals surface area contributed by atoms with E-state index < -0.39 is 23.3 Å². The van der Waals surface area contributed by atoms with Crippen LogP contribution in [-0.4, -0.2) is 39.0 Å². The number of nitrogens with zero attached hydrogens (tertiary/aromatic N) is 4. The third-order valence-corrected chi connectivity index (χ3v) is 5.18. The second-order valence-corrected chi connectivity index (χ2v) is 7.31. The molecule has 0 aliphatic heterocycles. The molecular formula is C18H15ClF3N5O2S. The van der Waals surface area contributed by atoms with Crippen LogP contribution in [0.4, 0.5) is 18.9 Å². The highest BCUT2D eigenvalue weighted by Gasteiger charge is 2.34. The minimum Gasteiger partial charge on any atom is -0.497 e. The van der Waals surface area contributed by atoms with Crippen LogP contribution in [-0.2, 0) is 17.5 Å². The first-order valence-corrected chi connectivity index (χ1v) is 9.81. The number of rotatable bonds is 7. The van der Waals surface area contributed by atoms with Crippen LogP contribution in [0.5, 0.6) is 5.75 Å². The Labute approximate surface area is 178 Å². The van der Waals surface area contributed by atoms with Crippen molar-refractivity contribution in [3.63, 3.8) is 0 Å². The molecule has 1 amide bonds. The van der Waals surface area contributed by atoms with E-state index in [1.807, 2.05) is 12.1 Å². The maximum Gasteiger partial charge on any atom is 0.418 e. The Bertz CT molecular complexity index is 1030. The van der Waals surface area contributed by atoms with Crippen molar-refractivity contribution in [3.8, 4) is 5.75 Å². The number of anilines is 1. The van der Waals surface area contributed by atoms with Crippen LogP contribution in [0.1, 0.15) is 11.1 Å². The van der Waals surface area contributed by atoms with E-state index >= 15 is 0 Å². The first-order chi connectivity index (χ1) is 14.3. The standard InChI is InChI=1S/C18H15ClF3N5O2S/c1-29-12-7-5-11(6-8-12)9-27-17(24-25-26-27)30-10-15(28)23-16-13(18(20,21)22)3-2-4-14(16)19/h2-8H,9-10H2,1H3,(H,23,28). The summed E-state index contributed by atoms with van der Waals surface area (Å²) in [6.07, 6.45) is -4.65. The number of nitrogens with one attached hydrogen (secondary N) is 1. The summed E-state index contributed by atoms with van der Waals surface area (Å²) in [7, 11) is 1.57. The lowest BCUT2D eigenvalue weighted by atomic mass is 10.1. The molecule has 0 unspecified atom stereocenters. The first-order valence-electron chi connectivity index (χ1n) is 8.45. The van der Waals surface area contributed by atoms with Gasteiger partial charge in [0.1, 0.15) is 5.75 Å². The number of alkyl halides is 3. The molecule has 0 saturated heterocycles. The number of amides is 1. The van der Waals surface area contributed by atoms with Crippen molar-refractivity contribution in [1.82, 2.24) is 20.2 Å². The molecular weight excluding hydrogens is 443 g/mol. The molecule has 1 N–H and O–H groups in total. The average Bonchev–Trinajstić information content (AvgIpc) is 3.14. The molecule has 0 aliphatic carbocycles. The Hall–Kier alpha value is -2.79. The third-order valence-electron chi connectivity index (χ3n) is 3.91. The van der Waals surface area contributed by atoms with Crippen LogP contribution in [0.25, 0.3) is 0 Å². The van der Waals surface area contributed by atoms with Gasteiger partial charge in [0.05, 0.1) is 35.7 Å². The summed E-state index contributed by atoms with van der Waals surface area (Å²) in [6.45, 7) is 0.351. The molecule has 12 heteroatoms. The molecule has 158 valence electrons. The minimum atomic E-state index is -4.65. The van der Waals surface area contributed by atoms with Gasteiger partial charge in [-0.1, -0.05) is 41.6 Å². The van der Waals surface area contributed by atoms with E-state index in [9.17, 15) is 18.0 Å². The summed E-state index contributed by atoms with van der Waals surface area (Å²) >= 11 is 6.84. The zero-order valence-corrected chi connectivity index (χ0v) is 17.1. The molecule has 3 rings (SSSR count). The van der Waals surface area contributed by atoms with Gasteiger partial charge >= 0.3 is 6.18 Å². The second-order valence-electron chi connectivity index (χ2n) is 5.96. The molecule has 30 heavy (non-hydrogen) atoms. The molecule has 1 aromatic heterocycles. The summed E-state index contributed by atoms with van der Waals surface area (Å²) in [6, 6.07) is 10.6. The van der Waals surface area contributed by atoms with Crippen molar-refractivity contribution in [2.45, 2.75) is 17.9 Å².